The number of nitrogens with one attached hydrogen (secondary N) is 2. The van der Waals surface area contributed by atoms with Gasteiger partial charge in [-0.3, -0.25) is 9.78 Å². The lowest BCUT2D eigenvalue weighted by atomic mass is 10.0. The minimum absolute atomic E-state index is 0.0975. The molecule has 0 radical (unpaired) electrons. The van der Waals surface area contributed by atoms with E-state index < -0.39 is 17.6 Å². The number of piperazine rings is 1. The second-order valence-corrected chi connectivity index (χ2v) is 11.3. The van der Waals surface area contributed by atoms with Gasteiger partial charge in [-0.05, 0) is 79.7 Å². The summed E-state index contributed by atoms with van der Waals surface area (Å²) in [7, 11) is 1.50. The van der Waals surface area contributed by atoms with Crippen molar-refractivity contribution in [2.75, 3.05) is 55.4 Å². The lowest BCUT2D eigenvalue weighted by molar-refractivity contribution is -0.137. The summed E-state index contributed by atoms with van der Waals surface area (Å²) < 4.78 is 44.9. The number of fused-ring (bicyclic) bond motifs is 1. The topological polar surface area (TPSA) is 95.5 Å². The maximum Gasteiger partial charge on any atom is 0.416 e. The van der Waals surface area contributed by atoms with Crippen LogP contribution >= 0.6 is 0 Å². The molecule has 1 saturated heterocycles. The Kier molecular flexibility index (Phi) is 8.95. The number of aryl methyl sites for hydroxylation is 1. The number of nitrogens with zero attached hydrogens (tertiary/aromatic N) is 5. The Morgan fingerprint density at radius 2 is 1.68 bits per heavy atom. The minimum atomic E-state index is -4.55. The van der Waals surface area contributed by atoms with Crippen LogP contribution < -0.4 is 20.3 Å². The number of methoxy groups -OCH3 is 1. The van der Waals surface area contributed by atoms with Gasteiger partial charge >= 0.3 is 12.2 Å². The quantitative estimate of drug-likeness (QED) is 0.184. The highest BCUT2D eigenvalue weighted by molar-refractivity contribution is 6.04. The van der Waals surface area contributed by atoms with Crippen molar-refractivity contribution in [2.45, 2.75) is 20.0 Å². The molecule has 9 nitrogen and oxygen atoms in total. The predicted molar refractivity (Wildman–Crippen MR) is 178 cm³/mol. The summed E-state index contributed by atoms with van der Waals surface area (Å²) in [5.41, 5.74) is 4.21. The number of anilines is 4. The molecule has 2 N–H and O–H groups in total. The first-order valence-corrected chi connectivity index (χ1v) is 15.3. The minimum Gasteiger partial charge on any atom is -0.467 e. The number of rotatable bonds is 8. The molecular formula is C35H34F3N7O2. The number of ether oxygens (including phenoxy) is 1. The lowest BCUT2D eigenvalue weighted by Crippen LogP contribution is -2.46. The fraction of sp³-hybridized carbons (Fsp3) is 0.257. The van der Waals surface area contributed by atoms with E-state index in [9.17, 15) is 18.0 Å². The Balaban J connectivity index is 1.27. The van der Waals surface area contributed by atoms with Crippen molar-refractivity contribution >= 4 is 39.7 Å². The molecule has 0 spiro atoms. The zero-order chi connectivity index (χ0) is 33.1. The normalized spacial score (nSPS) is 13.9. The first-order valence-electron chi connectivity index (χ1n) is 15.3. The Bertz CT molecular complexity index is 1910. The van der Waals surface area contributed by atoms with E-state index in [1.807, 2.05) is 31.2 Å². The monoisotopic (exact) mass is 641 g/mol. The Morgan fingerprint density at radius 1 is 0.936 bits per heavy atom. The maximum atomic E-state index is 13.2. The first kappa shape index (κ1) is 31.7. The predicted octanol–water partition coefficient (Wildman–Crippen LogP) is 7.17. The molecule has 0 saturated carbocycles. The van der Waals surface area contributed by atoms with Gasteiger partial charge in [-0.15, -0.1) is 0 Å². The van der Waals surface area contributed by atoms with Crippen LogP contribution in [0.2, 0.25) is 0 Å². The van der Waals surface area contributed by atoms with E-state index in [2.05, 4.69) is 54.4 Å². The number of likely N-dealkylation sites (N-methyl/N-ethyl adjacent to an activating group) is 1. The molecule has 3 aromatic carbocycles. The molecule has 242 valence electrons. The van der Waals surface area contributed by atoms with Gasteiger partial charge in [-0.2, -0.15) is 23.1 Å². The summed E-state index contributed by atoms with van der Waals surface area (Å²) in [5, 5.41) is 6.82. The van der Waals surface area contributed by atoms with E-state index in [1.165, 1.54) is 24.9 Å². The van der Waals surface area contributed by atoms with Crippen LogP contribution in [0, 0.1) is 6.92 Å². The van der Waals surface area contributed by atoms with Gasteiger partial charge in [0.2, 0.25) is 0 Å². The Hall–Kier alpha value is -5.23. The van der Waals surface area contributed by atoms with Crippen molar-refractivity contribution in [3.8, 4) is 17.3 Å². The van der Waals surface area contributed by atoms with E-state index in [4.69, 9.17) is 4.74 Å². The standard InChI is InChI=1S/C35H34F3N7O2/c1-4-44-14-16-45(17-15-44)27-12-10-25(11-13-27)40-32-29-20-30(39-21-31(29)42-34(43-32)47-3)28-19-26(9-8-22(28)2)41-33(46)23-6-5-7-24(18-23)35(36,37)38/h5-13,18-21H,4,14-17H2,1-3H3,(H,41,46)(H,40,42,43). The summed E-state index contributed by atoms with van der Waals surface area (Å²) in [5.74, 6) is -0.120. The Morgan fingerprint density at radius 3 is 2.38 bits per heavy atom. The highest BCUT2D eigenvalue weighted by Gasteiger charge is 2.31. The number of alkyl halides is 3. The van der Waals surface area contributed by atoms with Crippen molar-refractivity contribution in [3.63, 3.8) is 0 Å². The fourth-order valence-electron chi connectivity index (χ4n) is 5.58. The van der Waals surface area contributed by atoms with Crippen LogP contribution in [0.15, 0.2) is 79.0 Å². The number of halogens is 3. The number of amides is 1. The van der Waals surface area contributed by atoms with Crippen LogP contribution in [-0.2, 0) is 6.18 Å². The van der Waals surface area contributed by atoms with E-state index in [-0.39, 0.29) is 11.6 Å². The maximum absolute atomic E-state index is 13.2. The van der Waals surface area contributed by atoms with Crippen LogP contribution in [0.25, 0.3) is 22.2 Å². The van der Waals surface area contributed by atoms with Crippen LogP contribution in [0.1, 0.15) is 28.4 Å². The first-order chi connectivity index (χ1) is 22.6. The number of benzene rings is 3. The highest BCUT2D eigenvalue weighted by Crippen LogP contribution is 2.33. The van der Waals surface area contributed by atoms with Crippen LogP contribution in [0.3, 0.4) is 0 Å². The van der Waals surface area contributed by atoms with E-state index in [1.54, 1.807) is 18.3 Å². The van der Waals surface area contributed by atoms with Gasteiger partial charge < -0.3 is 25.2 Å². The van der Waals surface area contributed by atoms with Crippen LogP contribution in [-0.4, -0.2) is 65.6 Å². The molecule has 1 aliphatic rings. The third kappa shape index (κ3) is 7.12. The Labute approximate surface area is 270 Å². The second-order valence-electron chi connectivity index (χ2n) is 11.3. The van der Waals surface area contributed by atoms with E-state index in [0.717, 1.165) is 61.7 Å². The average Bonchev–Trinajstić information content (AvgIpc) is 3.09. The van der Waals surface area contributed by atoms with Gasteiger partial charge in [-0.25, -0.2) is 0 Å². The van der Waals surface area contributed by atoms with Gasteiger partial charge in [0.15, 0.2) is 0 Å². The van der Waals surface area contributed by atoms with Crippen molar-refractivity contribution < 1.29 is 22.7 Å². The summed E-state index contributed by atoms with van der Waals surface area (Å²) in [6.45, 7) is 9.22. The zero-order valence-corrected chi connectivity index (χ0v) is 26.2. The third-order valence-corrected chi connectivity index (χ3v) is 8.28. The molecule has 3 heterocycles. The molecule has 0 atom stereocenters. The van der Waals surface area contributed by atoms with Crippen molar-refractivity contribution in [1.82, 2.24) is 19.9 Å². The molecular weight excluding hydrogens is 607 g/mol. The van der Waals surface area contributed by atoms with Crippen molar-refractivity contribution in [1.29, 1.82) is 0 Å². The molecule has 12 heteroatoms. The second kappa shape index (κ2) is 13.2. The van der Waals surface area contributed by atoms with Gasteiger partial charge in [-0.1, -0.05) is 19.1 Å². The lowest BCUT2D eigenvalue weighted by Gasteiger charge is -2.35. The summed E-state index contributed by atoms with van der Waals surface area (Å²) >= 11 is 0. The zero-order valence-electron chi connectivity index (χ0n) is 26.2. The SMILES string of the molecule is CCN1CCN(c2ccc(Nc3nc(OC)nc4cnc(-c5cc(NC(=O)c6cccc(C(F)(F)F)c6)ccc5C)cc34)cc2)CC1. The smallest absolute Gasteiger partial charge is 0.416 e. The molecule has 1 aliphatic heterocycles. The summed E-state index contributed by atoms with van der Waals surface area (Å²) in [4.78, 5) is 31.4. The average molecular weight is 642 g/mol. The highest BCUT2D eigenvalue weighted by atomic mass is 19.4. The molecule has 1 amide bonds. The molecule has 0 aliphatic carbocycles. The van der Waals surface area contributed by atoms with Gasteiger partial charge in [0.1, 0.15) is 5.82 Å². The van der Waals surface area contributed by atoms with Crippen LogP contribution in [0.4, 0.5) is 36.1 Å². The number of carbonyl (C=O) groups is 1. The van der Waals surface area contributed by atoms with E-state index >= 15 is 0 Å². The van der Waals surface area contributed by atoms with Crippen LogP contribution in [0.5, 0.6) is 6.01 Å². The van der Waals surface area contributed by atoms with E-state index in [0.29, 0.717) is 28.1 Å². The molecule has 2 aromatic heterocycles. The number of carbonyl (C=O) groups excluding carboxylic acids is 1. The van der Waals surface area contributed by atoms with Gasteiger partial charge in [0.25, 0.3) is 5.91 Å². The molecule has 0 bridgehead atoms. The van der Waals surface area contributed by atoms with Crippen molar-refractivity contribution in [2.24, 2.45) is 0 Å². The molecule has 1 fully saturated rings. The number of hydrogen-bond donors (Lipinski definition) is 2. The molecule has 47 heavy (non-hydrogen) atoms. The molecule has 0 unspecified atom stereocenters. The summed E-state index contributed by atoms with van der Waals surface area (Å²) in [6, 6.07) is 19.8. The fourth-order valence-corrected chi connectivity index (χ4v) is 5.58. The summed E-state index contributed by atoms with van der Waals surface area (Å²) in [6.07, 6.45) is -2.92. The largest absolute Gasteiger partial charge is 0.467 e. The van der Waals surface area contributed by atoms with Gasteiger partial charge in [0, 0.05) is 59.8 Å². The molecule has 5 aromatic rings. The third-order valence-electron chi connectivity index (χ3n) is 8.28. The number of aromatic nitrogens is 3. The van der Waals surface area contributed by atoms with Crippen molar-refractivity contribution in [3.05, 3.63) is 95.7 Å². The number of pyridine rings is 1. The molecule has 6 rings (SSSR count). The van der Waals surface area contributed by atoms with Gasteiger partial charge in [0.05, 0.1) is 30.1 Å². The number of hydrogen-bond acceptors (Lipinski definition) is 8.